The molecular formula is C22H21B3ClF2N3O4. The van der Waals surface area contributed by atoms with Gasteiger partial charge in [-0.05, 0) is 29.7 Å². The van der Waals surface area contributed by atoms with Crippen LogP contribution in [-0.2, 0) is 26.9 Å². The zero-order valence-electron chi connectivity index (χ0n) is 19.4. The predicted octanol–water partition coefficient (Wildman–Crippen LogP) is -1.84. The first-order valence-corrected chi connectivity index (χ1v) is 11.5. The molecular weight excluding hydrogens is 476 g/mol. The lowest BCUT2D eigenvalue weighted by Gasteiger charge is -2.29. The Bertz CT molecular complexity index is 1280. The molecule has 7 nitrogen and oxygen atoms in total. The Balaban J connectivity index is 1.50. The number of amides is 4. The van der Waals surface area contributed by atoms with Gasteiger partial charge in [-0.1, -0.05) is 40.7 Å². The van der Waals surface area contributed by atoms with Gasteiger partial charge in [-0.3, -0.25) is 24.5 Å². The zero-order chi connectivity index (χ0) is 25.7. The summed E-state index contributed by atoms with van der Waals surface area (Å²) in [6.45, 7) is 0.147. The number of nitrogens with one attached hydrogen (secondary N) is 2. The molecule has 4 rings (SSSR count). The molecule has 0 spiro atoms. The molecule has 0 bridgehead atoms. The third-order valence-corrected chi connectivity index (χ3v) is 6.93. The number of benzene rings is 2. The summed E-state index contributed by atoms with van der Waals surface area (Å²) in [7, 11) is 4.63. The lowest BCUT2D eigenvalue weighted by atomic mass is 9.82. The van der Waals surface area contributed by atoms with Crippen molar-refractivity contribution in [3.63, 3.8) is 0 Å². The van der Waals surface area contributed by atoms with Gasteiger partial charge in [0.25, 0.3) is 11.8 Å². The number of rotatable bonds is 5. The molecule has 0 saturated carbocycles. The standard InChI is InChI=1S/C22H21B3ClF2N3O4/c23-13-7-15(26)14(24)6-12(13)22(27,28)21(35)30-18(25)9-1-2-11-10(5-9)8-31(20(11)34)16-3-4-17(32)29-19(16)33/h1-2,5-7,16,18H,3-4,8,23-25H2,(H,30,35)(H,29,32,33). The third-order valence-electron chi connectivity index (χ3n) is 6.52. The summed E-state index contributed by atoms with van der Waals surface area (Å²) in [5, 5.41) is 4.95. The predicted molar refractivity (Wildman–Crippen MR) is 134 cm³/mol. The molecule has 35 heavy (non-hydrogen) atoms. The minimum atomic E-state index is -3.77. The van der Waals surface area contributed by atoms with E-state index in [1.165, 1.54) is 24.9 Å². The van der Waals surface area contributed by atoms with Crippen LogP contribution in [0.3, 0.4) is 0 Å². The smallest absolute Gasteiger partial charge is 0.349 e. The van der Waals surface area contributed by atoms with Crippen LogP contribution in [0, 0.1) is 0 Å². The maximum absolute atomic E-state index is 15.0. The number of hydrogen-bond acceptors (Lipinski definition) is 4. The second kappa shape index (κ2) is 9.15. The summed E-state index contributed by atoms with van der Waals surface area (Å²) in [4.78, 5) is 50.4. The monoisotopic (exact) mass is 497 g/mol. The van der Waals surface area contributed by atoms with Crippen LogP contribution in [0.2, 0.25) is 5.02 Å². The molecule has 2 aliphatic rings. The van der Waals surface area contributed by atoms with Crippen LogP contribution in [0.15, 0.2) is 30.3 Å². The van der Waals surface area contributed by atoms with E-state index in [1.807, 2.05) is 0 Å². The molecule has 2 N–H and O–H groups in total. The van der Waals surface area contributed by atoms with Crippen molar-refractivity contribution in [2.45, 2.75) is 37.3 Å². The lowest BCUT2D eigenvalue weighted by Crippen LogP contribution is -2.52. The SMILES string of the molecule is Bc1cc(C(F)(F)C(=O)NC(B)c2ccc3c(c2)CN(C2CCC(=O)NC2=O)C3=O)c(B)cc1Cl. The summed E-state index contributed by atoms with van der Waals surface area (Å²) in [6, 6.07) is 6.69. The van der Waals surface area contributed by atoms with Crippen molar-refractivity contribution in [2.75, 3.05) is 0 Å². The quantitative estimate of drug-likeness (QED) is 0.375. The Labute approximate surface area is 208 Å². The molecule has 2 aromatic carbocycles. The molecule has 2 unspecified atom stereocenters. The summed E-state index contributed by atoms with van der Waals surface area (Å²) < 4.78 is 30.0. The highest BCUT2D eigenvalue weighted by molar-refractivity contribution is 6.47. The molecule has 2 aromatic rings. The molecule has 2 atom stereocenters. The lowest BCUT2D eigenvalue weighted by molar-refractivity contribution is -0.147. The van der Waals surface area contributed by atoms with Crippen molar-refractivity contribution >= 4 is 69.7 Å². The van der Waals surface area contributed by atoms with Gasteiger partial charge < -0.3 is 10.2 Å². The van der Waals surface area contributed by atoms with Crippen molar-refractivity contribution in [2.24, 2.45) is 0 Å². The summed E-state index contributed by atoms with van der Waals surface area (Å²) in [6.07, 6.45) is 0.383. The second-order valence-electron chi connectivity index (χ2n) is 9.00. The Morgan fingerprint density at radius 1 is 1.17 bits per heavy atom. The number of carbonyl (C=O) groups is 4. The van der Waals surface area contributed by atoms with Crippen molar-refractivity contribution in [1.82, 2.24) is 15.5 Å². The molecule has 0 radical (unpaired) electrons. The fraction of sp³-hybridized carbons (Fsp3) is 0.273. The Morgan fingerprint density at radius 2 is 1.89 bits per heavy atom. The van der Waals surface area contributed by atoms with Gasteiger partial charge in [-0.2, -0.15) is 8.78 Å². The first kappa shape index (κ1) is 25.0. The molecule has 1 fully saturated rings. The van der Waals surface area contributed by atoms with Crippen molar-refractivity contribution in [3.8, 4) is 0 Å². The normalized spacial score (nSPS) is 18.8. The van der Waals surface area contributed by atoms with Crippen LogP contribution >= 0.6 is 11.6 Å². The van der Waals surface area contributed by atoms with E-state index < -0.39 is 35.3 Å². The average molecular weight is 497 g/mol. The Hall–Kier alpha value is -3.14. The Kier molecular flexibility index (Phi) is 6.53. The molecule has 0 aromatic heterocycles. The van der Waals surface area contributed by atoms with E-state index >= 15 is 8.78 Å². The van der Waals surface area contributed by atoms with E-state index in [1.54, 1.807) is 33.9 Å². The minimum absolute atomic E-state index is 0.145. The summed E-state index contributed by atoms with van der Waals surface area (Å²) in [5.74, 6) is -7.22. The van der Waals surface area contributed by atoms with Gasteiger partial charge >= 0.3 is 5.92 Å². The maximum atomic E-state index is 15.0. The first-order chi connectivity index (χ1) is 16.4. The number of hydrogen-bond donors (Lipinski definition) is 2. The van der Waals surface area contributed by atoms with Gasteiger partial charge in [-0.15, -0.1) is 0 Å². The van der Waals surface area contributed by atoms with Crippen LogP contribution in [0.4, 0.5) is 8.78 Å². The largest absolute Gasteiger partial charge is 0.352 e. The number of fused-ring (bicyclic) bond motifs is 1. The number of halogens is 3. The fourth-order valence-corrected chi connectivity index (χ4v) is 4.69. The molecule has 2 aliphatic heterocycles. The molecule has 2 heterocycles. The van der Waals surface area contributed by atoms with Gasteiger partial charge in [0.1, 0.15) is 29.6 Å². The van der Waals surface area contributed by atoms with Crippen LogP contribution in [0.1, 0.15) is 45.8 Å². The first-order valence-electron chi connectivity index (χ1n) is 11.1. The van der Waals surface area contributed by atoms with Gasteiger partial charge in [0.05, 0.1) is 0 Å². The average Bonchev–Trinajstić information content (AvgIpc) is 3.11. The Morgan fingerprint density at radius 3 is 2.57 bits per heavy atom. The van der Waals surface area contributed by atoms with E-state index in [9.17, 15) is 19.2 Å². The van der Waals surface area contributed by atoms with Gasteiger partial charge in [0.2, 0.25) is 11.8 Å². The van der Waals surface area contributed by atoms with Gasteiger partial charge in [0, 0.05) is 35.1 Å². The molecule has 13 heteroatoms. The van der Waals surface area contributed by atoms with Crippen molar-refractivity contribution in [1.29, 1.82) is 0 Å². The topological polar surface area (TPSA) is 95.6 Å². The van der Waals surface area contributed by atoms with E-state index in [4.69, 9.17) is 11.6 Å². The molecule has 4 amide bonds. The van der Waals surface area contributed by atoms with Gasteiger partial charge in [-0.25, -0.2) is 0 Å². The van der Waals surface area contributed by atoms with Crippen LogP contribution in [0.5, 0.6) is 0 Å². The van der Waals surface area contributed by atoms with Crippen LogP contribution < -0.4 is 21.6 Å². The minimum Gasteiger partial charge on any atom is -0.352 e. The highest BCUT2D eigenvalue weighted by atomic mass is 35.5. The molecule has 1 saturated heterocycles. The van der Waals surface area contributed by atoms with E-state index in [0.29, 0.717) is 27.2 Å². The number of alkyl halides is 2. The third kappa shape index (κ3) is 4.59. The number of imide groups is 1. The highest BCUT2D eigenvalue weighted by Crippen LogP contribution is 2.31. The summed E-state index contributed by atoms with van der Waals surface area (Å²) in [5.41, 5.74) is 1.79. The molecule has 0 aliphatic carbocycles. The van der Waals surface area contributed by atoms with E-state index in [2.05, 4.69) is 10.6 Å². The number of carbonyl (C=O) groups excluding carboxylic acids is 4. The van der Waals surface area contributed by atoms with E-state index in [0.717, 1.165) is 0 Å². The highest BCUT2D eigenvalue weighted by Gasteiger charge is 2.43. The number of piperidine rings is 1. The number of nitrogens with zero attached hydrogens (tertiary/aromatic N) is 1. The van der Waals surface area contributed by atoms with Crippen molar-refractivity contribution < 1.29 is 28.0 Å². The summed E-state index contributed by atoms with van der Waals surface area (Å²) >= 11 is 6.00. The maximum Gasteiger partial charge on any atom is 0.349 e. The van der Waals surface area contributed by atoms with Gasteiger partial charge in [0.15, 0.2) is 0 Å². The zero-order valence-corrected chi connectivity index (χ0v) is 20.1. The molecule has 178 valence electrons. The van der Waals surface area contributed by atoms with Crippen molar-refractivity contribution in [3.05, 3.63) is 57.6 Å². The second-order valence-corrected chi connectivity index (χ2v) is 9.41. The van der Waals surface area contributed by atoms with E-state index in [-0.39, 0.29) is 36.7 Å². The van der Waals surface area contributed by atoms with Crippen LogP contribution in [0.25, 0.3) is 0 Å². The van der Waals surface area contributed by atoms with Crippen LogP contribution in [-0.4, -0.2) is 58.1 Å². The fourth-order valence-electron chi connectivity index (χ4n) is 4.48.